The van der Waals surface area contributed by atoms with Gasteiger partial charge in [0, 0.05) is 37.9 Å². The van der Waals surface area contributed by atoms with Crippen LogP contribution < -0.4 is 15.5 Å². The Labute approximate surface area is 160 Å². The van der Waals surface area contributed by atoms with E-state index in [-0.39, 0.29) is 5.91 Å². The first-order valence-electron chi connectivity index (χ1n) is 9.18. The summed E-state index contributed by atoms with van der Waals surface area (Å²) >= 11 is 0. The van der Waals surface area contributed by atoms with Crippen LogP contribution in [0, 0.1) is 11.3 Å². The monoisotopic (exact) mass is 372 g/mol. The van der Waals surface area contributed by atoms with Gasteiger partial charge < -0.3 is 10.2 Å². The maximum atomic E-state index is 12.4. The van der Waals surface area contributed by atoms with Crippen molar-refractivity contribution in [2.75, 3.05) is 31.1 Å². The molecule has 8 nitrogen and oxygen atoms in total. The highest BCUT2D eigenvalue weighted by molar-refractivity contribution is 5.97. The second-order valence-corrected chi connectivity index (χ2v) is 7.73. The van der Waals surface area contributed by atoms with Gasteiger partial charge in [-0.25, -0.2) is 9.78 Å². The van der Waals surface area contributed by atoms with E-state index in [0.29, 0.717) is 24.5 Å². The number of anilines is 1. The fraction of sp³-hybridized carbons (Fsp3) is 0.579. The van der Waals surface area contributed by atoms with Crippen molar-refractivity contribution < 1.29 is 9.59 Å². The first kappa shape index (κ1) is 20.6. The molecular formula is C19H28N6O2. The lowest BCUT2D eigenvalue weighted by Crippen LogP contribution is -2.53. The van der Waals surface area contributed by atoms with E-state index in [0.717, 1.165) is 19.5 Å². The number of hydrogen-bond donors (Lipinski definition) is 2. The number of imide groups is 1. The lowest BCUT2D eigenvalue weighted by Gasteiger charge is -2.27. The van der Waals surface area contributed by atoms with Crippen molar-refractivity contribution in [3.8, 4) is 6.07 Å². The molecule has 1 atom stereocenters. The van der Waals surface area contributed by atoms with Crippen molar-refractivity contribution in [2.45, 2.75) is 45.7 Å². The molecule has 0 spiro atoms. The van der Waals surface area contributed by atoms with Gasteiger partial charge in [-0.2, -0.15) is 5.26 Å². The number of aromatic nitrogens is 1. The molecule has 1 aliphatic heterocycles. The molecule has 146 valence electrons. The van der Waals surface area contributed by atoms with Crippen molar-refractivity contribution in [1.82, 2.24) is 20.5 Å². The Balaban J connectivity index is 1.96. The number of nitrogens with one attached hydrogen (secondary N) is 2. The van der Waals surface area contributed by atoms with E-state index < -0.39 is 17.6 Å². The fourth-order valence-electron chi connectivity index (χ4n) is 3.03. The third-order valence-electron chi connectivity index (χ3n) is 4.39. The number of rotatable bonds is 3. The molecule has 2 rings (SSSR count). The number of carbonyl (C=O) groups is 2. The zero-order valence-corrected chi connectivity index (χ0v) is 16.5. The van der Waals surface area contributed by atoms with Gasteiger partial charge in [-0.05, 0) is 46.2 Å². The van der Waals surface area contributed by atoms with Gasteiger partial charge >= 0.3 is 6.03 Å². The SMILES string of the molecule is CC(C(=O)NC(=O)NC(C)(C)C)N1CCCN(c2ncccc2C#N)CC1. The van der Waals surface area contributed by atoms with Gasteiger partial charge in [0.25, 0.3) is 0 Å². The lowest BCUT2D eigenvalue weighted by atomic mass is 10.1. The van der Waals surface area contributed by atoms with Crippen molar-refractivity contribution in [3.05, 3.63) is 23.9 Å². The molecule has 0 bridgehead atoms. The van der Waals surface area contributed by atoms with Crippen LogP contribution >= 0.6 is 0 Å². The first-order valence-corrected chi connectivity index (χ1v) is 9.18. The molecule has 0 radical (unpaired) electrons. The topological polar surface area (TPSA) is 101 Å². The molecule has 3 amide bonds. The van der Waals surface area contributed by atoms with E-state index in [1.165, 1.54) is 0 Å². The standard InChI is InChI=1S/C19H28N6O2/c1-14(17(26)22-18(27)23-19(2,3)4)24-9-6-10-25(12-11-24)16-15(13-20)7-5-8-21-16/h5,7-8,14H,6,9-12H2,1-4H3,(H2,22,23,26,27). The molecule has 1 aromatic heterocycles. The quantitative estimate of drug-likeness (QED) is 0.833. The molecule has 0 aromatic carbocycles. The predicted molar refractivity (Wildman–Crippen MR) is 103 cm³/mol. The Morgan fingerprint density at radius 3 is 2.67 bits per heavy atom. The Morgan fingerprint density at radius 2 is 2.00 bits per heavy atom. The number of pyridine rings is 1. The zero-order valence-electron chi connectivity index (χ0n) is 16.5. The molecule has 8 heteroatoms. The molecule has 2 heterocycles. The van der Waals surface area contributed by atoms with Crippen LogP contribution in [0.3, 0.4) is 0 Å². The highest BCUT2D eigenvalue weighted by Crippen LogP contribution is 2.18. The van der Waals surface area contributed by atoms with Gasteiger partial charge in [0.15, 0.2) is 0 Å². The molecule has 1 unspecified atom stereocenters. The van der Waals surface area contributed by atoms with E-state index in [1.807, 2.05) is 20.8 Å². The smallest absolute Gasteiger partial charge is 0.321 e. The Bertz CT molecular complexity index is 722. The van der Waals surface area contributed by atoms with Gasteiger partial charge in [-0.1, -0.05) is 0 Å². The van der Waals surface area contributed by atoms with Crippen LogP contribution in [0.5, 0.6) is 0 Å². The van der Waals surface area contributed by atoms with E-state index in [1.54, 1.807) is 25.3 Å². The van der Waals surface area contributed by atoms with E-state index in [2.05, 4.69) is 31.5 Å². The maximum absolute atomic E-state index is 12.4. The van der Waals surface area contributed by atoms with Gasteiger partial charge in [0.1, 0.15) is 11.9 Å². The van der Waals surface area contributed by atoms with Crippen LogP contribution in [0.2, 0.25) is 0 Å². The summed E-state index contributed by atoms with van der Waals surface area (Å²) in [5.41, 5.74) is 0.147. The molecule has 0 saturated carbocycles. The molecule has 27 heavy (non-hydrogen) atoms. The molecular weight excluding hydrogens is 344 g/mol. The second kappa shape index (κ2) is 8.82. The third kappa shape index (κ3) is 5.93. The number of amides is 3. The average Bonchev–Trinajstić information content (AvgIpc) is 2.85. The van der Waals surface area contributed by atoms with Crippen LogP contribution in [-0.4, -0.2) is 59.6 Å². The minimum Gasteiger partial charge on any atom is -0.354 e. The highest BCUT2D eigenvalue weighted by atomic mass is 16.2. The molecule has 1 saturated heterocycles. The zero-order chi connectivity index (χ0) is 20.0. The Kier molecular flexibility index (Phi) is 6.75. The minimum atomic E-state index is -0.483. The maximum Gasteiger partial charge on any atom is 0.321 e. The van der Waals surface area contributed by atoms with E-state index in [9.17, 15) is 14.9 Å². The van der Waals surface area contributed by atoms with Gasteiger partial charge in [0.2, 0.25) is 5.91 Å². The molecule has 0 aliphatic carbocycles. The van der Waals surface area contributed by atoms with Crippen LogP contribution in [0.1, 0.15) is 39.7 Å². The minimum absolute atomic E-state index is 0.319. The molecule has 1 fully saturated rings. The normalized spacial score (nSPS) is 16.8. The fourth-order valence-corrected chi connectivity index (χ4v) is 3.03. The number of urea groups is 1. The van der Waals surface area contributed by atoms with E-state index in [4.69, 9.17) is 0 Å². The summed E-state index contributed by atoms with van der Waals surface area (Å²) in [6.45, 7) is 10.2. The summed E-state index contributed by atoms with van der Waals surface area (Å²) in [4.78, 5) is 32.8. The molecule has 1 aromatic rings. The average molecular weight is 372 g/mol. The summed E-state index contributed by atoms with van der Waals surface area (Å²) in [5, 5.41) is 14.4. The summed E-state index contributed by atoms with van der Waals surface area (Å²) in [7, 11) is 0. The van der Waals surface area contributed by atoms with Gasteiger partial charge in [-0.3, -0.25) is 15.0 Å². The van der Waals surface area contributed by atoms with Gasteiger partial charge in [0.05, 0.1) is 11.6 Å². The van der Waals surface area contributed by atoms with Crippen molar-refractivity contribution >= 4 is 17.8 Å². The number of carbonyl (C=O) groups excluding carboxylic acids is 2. The highest BCUT2D eigenvalue weighted by Gasteiger charge is 2.27. The Hall–Kier alpha value is -2.66. The van der Waals surface area contributed by atoms with Crippen LogP contribution in [0.25, 0.3) is 0 Å². The largest absolute Gasteiger partial charge is 0.354 e. The first-order chi connectivity index (χ1) is 12.7. The lowest BCUT2D eigenvalue weighted by molar-refractivity contribution is -0.124. The summed E-state index contributed by atoms with van der Waals surface area (Å²) < 4.78 is 0. The van der Waals surface area contributed by atoms with Gasteiger partial charge in [-0.15, -0.1) is 0 Å². The number of nitriles is 1. The molecule has 2 N–H and O–H groups in total. The van der Waals surface area contributed by atoms with E-state index >= 15 is 0 Å². The second-order valence-electron chi connectivity index (χ2n) is 7.73. The Morgan fingerprint density at radius 1 is 1.26 bits per heavy atom. The summed E-state index contributed by atoms with van der Waals surface area (Å²) in [5.74, 6) is 0.365. The predicted octanol–water partition coefficient (Wildman–Crippen LogP) is 1.48. The summed E-state index contributed by atoms with van der Waals surface area (Å²) in [6.07, 6.45) is 2.52. The van der Waals surface area contributed by atoms with Crippen molar-refractivity contribution in [2.24, 2.45) is 0 Å². The van der Waals surface area contributed by atoms with Crippen LogP contribution in [0.15, 0.2) is 18.3 Å². The summed E-state index contributed by atoms with van der Waals surface area (Å²) in [6, 6.07) is 4.78. The number of nitrogens with zero attached hydrogens (tertiary/aromatic N) is 4. The van der Waals surface area contributed by atoms with Crippen LogP contribution in [0.4, 0.5) is 10.6 Å². The van der Waals surface area contributed by atoms with Crippen molar-refractivity contribution in [3.63, 3.8) is 0 Å². The third-order valence-corrected chi connectivity index (χ3v) is 4.39. The van der Waals surface area contributed by atoms with Crippen LogP contribution in [-0.2, 0) is 4.79 Å². The molecule has 1 aliphatic rings. The number of hydrogen-bond acceptors (Lipinski definition) is 6. The van der Waals surface area contributed by atoms with Crippen molar-refractivity contribution in [1.29, 1.82) is 5.26 Å².